The molecule has 0 fully saturated rings. The van der Waals surface area contributed by atoms with Crippen molar-refractivity contribution in [3.8, 4) is 0 Å². The van der Waals surface area contributed by atoms with Crippen molar-refractivity contribution in [2.45, 2.75) is 26.6 Å². The van der Waals surface area contributed by atoms with Crippen LogP contribution in [0.2, 0.25) is 0 Å². The maximum absolute atomic E-state index is 12.0. The van der Waals surface area contributed by atoms with Crippen LogP contribution in [0.25, 0.3) is 0 Å². The molecule has 16 heavy (non-hydrogen) atoms. The van der Waals surface area contributed by atoms with Crippen LogP contribution >= 0.6 is 0 Å². The number of aromatic nitrogens is 2. The summed E-state index contributed by atoms with van der Waals surface area (Å²) >= 11 is 0. The fraction of sp³-hybridized carbons (Fsp3) is 0.636. The lowest BCUT2D eigenvalue weighted by Gasteiger charge is -2.12. The fourth-order valence-electron chi connectivity index (χ4n) is 1.69. The van der Waals surface area contributed by atoms with E-state index in [1.54, 1.807) is 4.68 Å². The minimum Gasteiger partial charge on any atom is -0.355 e. The molecule has 0 saturated carbocycles. The predicted molar refractivity (Wildman–Crippen MR) is 59.4 cm³/mol. The minimum atomic E-state index is -0.494. The second-order valence-corrected chi connectivity index (χ2v) is 3.70. The molecule has 0 aromatic carbocycles. The third kappa shape index (κ3) is 2.48. The normalized spacial score (nSPS) is 11.1. The van der Waals surface area contributed by atoms with E-state index < -0.39 is 6.29 Å². The van der Waals surface area contributed by atoms with Crippen LogP contribution in [0, 0.1) is 13.8 Å². The molecule has 0 aliphatic rings. The highest BCUT2D eigenvalue weighted by atomic mass is 16.7. The minimum absolute atomic E-state index is 0.00296. The molecule has 0 bridgehead atoms. The van der Waals surface area contributed by atoms with Gasteiger partial charge in [-0.25, -0.2) is 0 Å². The third-order valence-corrected chi connectivity index (χ3v) is 2.67. The van der Waals surface area contributed by atoms with Gasteiger partial charge >= 0.3 is 0 Å². The van der Waals surface area contributed by atoms with E-state index in [4.69, 9.17) is 9.47 Å². The van der Waals surface area contributed by atoms with Crippen molar-refractivity contribution in [1.29, 1.82) is 0 Å². The van der Waals surface area contributed by atoms with Crippen molar-refractivity contribution in [3.05, 3.63) is 17.0 Å². The largest absolute Gasteiger partial charge is 0.355 e. The number of nitrogens with zero attached hydrogens (tertiary/aromatic N) is 2. The number of carbonyl (C=O) groups excluding carboxylic acids is 1. The SMILES string of the molecule is COC(CC(=O)c1c(C)nn(C)c1C)OC. The van der Waals surface area contributed by atoms with Crippen molar-refractivity contribution in [3.63, 3.8) is 0 Å². The highest BCUT2D eigenvalue weighted by molar-refractivity contribution is 5.98. The second kappa shape index (κ2) is 5.23. The van der Waals surface area contributed by atoms with E-state index >= 15 is 0 Å². The molecule has 0 aliphatic heterocycles. The van der Waals surface area contributed by atoms with Crippen molar-refractivity contribution in [1.82, 2.24) is 9.78 Å². The van der Waals surface area contributed by atoms with Gasteiger partial charge in [-0.1, -0.05) is 0 Å². The zero-order chi connectivity index (χ0) is 12.3. The van der Waals surface area contributed by atoms with Crippen molar-refractivity contribution >= 4 is 5.78 Å². The molecule has 0 saturated heterocycles. The molecule has 0 unspecified atom stereocenters. The van der Waals surface area contributed by atoms with E-state index in [9.17, 15) is 4.79 Å². The molecule has 5 nitrogen and oxygen atoms in total. The highest BCUT2D eigenvalue weighted by Gasteiger charge is 2.20. The summed E-state index contributed by atoms with van der Waals surface area (Å²) in [4.78, 5) is 12.0. The van der Waals surface area contributed by atoms with E-state index in [-0.39, 0.29) is 12.2 Å². The van der Waals surface area contributed by atoms with Gasteiger partial charge in [0, 0.05) is 27.0 Å². The number of hydrogen-bond donors (Lipinski definition) is 0. The average Bonchev–Trinajstić information content (AvgIpc) is 2.49. The van der Waals surface area contributed by atoms with Gasteiger partial charge in [-0.15, -0.1) is 0 Å². The van der Waals surface area contributed by atoms with Gasteiger partial charge in [0.1, 0.15) is 0 Å². The van der Waals surface area contributed by atoms with Gasteiger partial charge < -0.3 is 9.47 Å². The number of ether oxygens (including phenoxy) is 2. The van der Waals surface area contributed by atoms with Gasteiger partial charge in [0.25, 0.3) is 0 Å². The molecular formula is C11H18N2O3. The maximum Gasteiger partial charge on any atom is 0.171 e. The Morgan fingerprint density at radius 3 is 2.31 bits per heavy atom. The zero-order valence-electron chi connectivity index (χ0n) is 10.4. The van der Waals surface area contributed by atoms with Gasteiger partial charge in [0.15, 0.2) is 12.1 Å². The molecule has 0 radical (unpaired) electrons. The highest BCUT2D eigenvalue weighted by Crippen LogP contribution is 2.16. The summed E-state index contributed by atoms with van der Waals surface area (Å²) in [5, 5.41) is 4.20. The van der Waals surface area contributed by atoms with E-state index in [1.165, 1.54) is 14.2 Å². The Morgan fingerprint density at radius 1 is 1.38 bits per heavy atom. The first-order valence-corrected chi connectivity index (χ1v) is 5.10. The van der Waals surface area contributed by atoms with E-state index in [0.29, 0.717) is 5.56 Å². The summed E-state index contributed by atoms with van der Waals surface area (Å²) in [6.07, 6.45) is -0.285. The van der Waals surface area contributed by atoms with E-state index in [1.807, 2.05) is 20.9 Å². The van der Waals surface area contributed by atoms with Crippen molar-refractivity contribution < 1.29 is 14.3 Å². The number of ketones is 1. The first-order valence-electron chi connectivity index (χ1n) is 5.10. The number of rotatable bonds is 5. The molecule has 1 aromatic rings. The molecule has 0 spiro atoms. The molecule has 1 aromatic heterocycles. The quantitative estimate of drug-likeness (QED) is 0.559. The number of aryl methyl sites for hydroxylation is 2. The van der Waals surface area contributed by atoms with Crippen LogP contribution in [0.4, 0.5) is 0 Å². The first-order chi connectivity index (χ1) is 7.51. The van der Waals surface area contributed by atoms with Crippen LogP contribution in [-0.4, -0.2) is 36.1 Å². The smallest absolute Gasteiger partial charge is 0.171 e. The summed E-state index contributed by atoms with van der Waals surface area (Å²) in [6, 6.07) is 0. The molecule has 0 N–H and O–H groups in total. The van der Waals surface area contributed by atoms with Gasteiger partial charge in [-0.05, 0) is 13.8 Å². The number of Topliss-reactive ketones (excluding diaryl/α,β-unsaturated/α-hetero) is 1. The van der Waals surface area contributed by atoms with Crippen LogP contribution in [0.15, 0.2) is 0 Å². The Morgan fingerprint density at radius 2 is 1.94 bits per heavy atom. The van der Waals surface area contributed by atoms with Gasteiger partial charge in [-0.3, -0.25) is 9.48 Å². The monoisotopic (exact) mass is 226 g/mol. The lowest BCUT2D eigenvalue weighted by molar-refractivity contribution is -0.0993. The first kappa shape index (κ1) is 12.9. The Kier molecular flexibility index (Phi) is 4.20. The topological polar surface area (TPSA) is 53.3 Å². The van der Waals surface area contributed by atoms with Gasteiger partial charge in [0.2, 0.25) is 0 Å². The molecular weight excluding hydrogens is 208 g/mol. The summed E-state index contributed by atoms with van der Waals surface area (Å²) in [5.41, 5.74) is 2.28. The Bertz CT molecular complexity index is 381. The molecule has 0 amide bonds. The number of hydrogen-bond acceptors (Lipinski definition) is 4. The van der Waals surface area contributed by atoms with Crippen LogP contribution < -0.4 is 0 Å². The summed E-state index contributed by atoms with van der Waals surface area (Å²) < 4.78 is 11.7. The van der Waals surface area contributed by atoms with Crippen molar-refractivity contribution in [2.75, 3.05) is 14.2 Å². The lowest BCUT2D eigenvalue weighted by atomic mass is 10.1. The van der Waals surface area contributed by atoms with Crippen LogP contribution in [0.1, 0.15) is 28.2 Å². The average molecular weight is 226 g/mol. The van der Waals surface area contributed by atoms with Crippen molar-refractivity contribution in [2.24, 2.45) is 7.05 Å². The number of carbonyl (C=O) groups is 1. The molecule has 0 atom stereocenters. The van der Waals surface area contributed by atoms with E-state index in [0.717, 1.165) is 11.4 Å². The Labute approximate surface area is 95.3 Å². The summed E-state index contributed by atoms with van der Waals surface area (Å²) in [5.74, 6) is -0.00296. The molecule has 1 rings (SSSR count). The van der Waals surface area contributed by atoms with Crippen LogP contribution in [0.3, 0.4) is 0 Å². The summed E-state index contributed by atoms with van der Waals surface area (Å²) in [6.45, 7) is 3.71. The Balaban J connectivity index is 2.88. The van der Waals surface area contributed by atoms with Gasteiger partial charge in [-0.2, -0.15) is 5.10 Å². The maximum atomic E-state index is 12.0. The molecule has 0 aliphatic carbocycles. The lowest BCUT2D eigenvalue weighted by Crippen LogP contribution is -2.19. The second-order valence-electron chi connectivity index (χ2n) is 3.70. The predicted octanol–water partition coefficient (Wildman–Crippen LogP) is 1.23. The number of methoxy groups -OCH3 is 2. The van der Waals surface area contributed by atoms with E-state index in [2.05, 4.69) is 5.10 Å². The Hall–Kier alpha value is -1.20. The third-order valence-electron chi connectivity index (χ3n) is 2.67. The molecule has 90 valence electrons. The van der Waals surface area contributed by atoms with Crippen LogP contribution in [0.5, 0.6) is 0 Å². The summed E-state index contributed by atoms with van der Waals surface area (Å²) in [7, 11) is 4.86. The molecule has 1 heterocycles. The molecule has 5 heteroatoms. The van der Waals surface area contributed by atoms with Crippen LogP contribution in [-0.2, 0) is 16.5 Å². The van der Waals surface area contributed by atoms with Gasteiger partial charge in [0.05, 0.1) is 17.7 Å². The standard InChI is InChI=1S/C11H18N2O3/c1-7-11(8(2)13(3)12-7)9(14)6-10(15-4)16-5/h10H,6H2,1-5H3. The fourth-order valence-corrected chi connectivity index (χ4v) is 1.69. The zero-order valence-corrected chi connectivity index (χ0v) is 10.4.